The largest absolute Gasteiger partial charge is 0.345 e. The molecule has 1 saturated heterocycles. The Bertz CT molecular complexity index is 1140. The summed E-state index contributed by atoms with van der Waals surface area (Å²) in [5.41, 5.74) is 2.82. The van der Waals surface area contributed by atoms with E-state index < -0.39 is 11.6 Å². The first kappa shape index (κ1) is 17.9. The number of hydrogen-bond donors (Lipinski definition) is 0. The molecule has 3 aliphatic heterocycles. The predicted molar refractivity (Wildman–Crippen MR) is 109 cm³/mol. The van der Waals surface area contributed by atoms with Gasteiger partial charge < -0.3 is 9.47 Å². The van der Waals surface area contributed by atoms with Crippen LogP contribution in [0.15, 0.2) is 54.6 Å². The number of carbonyl (C=O) groups excluding carboxylic acids is 2. The van der Waals surface area contributed by atoms with Gasteiger partial charge in [0.15, 0.2) is 5.54 Å². The van der Waals surface area contributed by atoms with Crippen molar-refractivity contribution in [3.05, 3.63) is 71.4 Å². The average molecular weight is 389 g/mol. The number of fused-ring (bicyclic) bond motifs is 3. The first-order valence-electron chi connectivity index (χ1n) is 9.79. The summed E-state index contributed by atoms with van der Waals surface area (Å²) in [4.78, 5) is 34.5. The van der Waals surface area contributed by atoms with Crippen molar-refractivity contribution in [1.82, 2.24) is 14.5 Å². The summed E-state index contributed by atoms with van der Waals surface area (Å²) < 4.78 is 2.05. The number of aromatic nitrogens is 1. The highest BCUT2D eigenvalue weighted by Crippen LogP contribution is 2.45. The Morgan fingerprint density at radius 3 is 2.48 bits per heavy atom. The molecule has 1 fully saturated rings. The van der Waals surface area contributed by atoms with E-state index in [9.17, 15) is 9.59 Å². The summed E-state index contributed by atoms with van der Waals surface area (Å²) in [5.74, 6) is -0.300. The van der Waals surface area contributed by atoms with Crippen molar-refractivity contribution in [2.24, 2.45) is 7.05 Å². The second kappa shape index (κ2) is 6.19. The van der Waals surface area contributed by atoms with Crippen LogP contribution in [0.25, 0.3) is 10.9 Å². The zero-order valence-corrected chi connectivity index (χ0v) is 16.8. The molecule has 6 heteroatoms. The molecule has 0 spiro atoms. The lowest BCUT2D eigenvalue weighted by atomic mass is 9.91. The first-order chi connectivity index (χ1) is 13.9. The van der Waals surface area contributed by atoms with Crippen LogP contribution in [-0.4, -0.2) is 39.4 Å². The summed E-state index contributed by atoms with van der Waals surface area (Å²) in [6, 6.07) is 17.1. The fourth-order valence-corrected chi connectivity index (χ4v) is 4.83. The van der Waals surface area contributed by atoms with Crippen molar-refractivity contribution in [3.8, 4) is 0 Å². The van der Waals surface area contributed by atoms with Gasteiger partial charge in [-0.3, -0.25) is 14.4 Å². The van der Waals surface area contributed by atoms with Gasteiger partial charge in [0, 0.05) is 31.4 Å². The number of carbonyl (C=O) groups is 2. The molecular weight excluding hydrogens is 366 g/mol. The van der Waals surface area contributed by atoms with Gasteiger partial charge in [0.25, 0.3) is 5.91 Å². The van der Waals surface area contributed by atoms with Gasteiger partial charge in [-0.1, -0.05) is 48.5 Å². The zero-order valence-electron chi connectivity index (χ0n) is 16.8. The topological polar surface area (TPSA) is 54.8 Å². The van der Waals surface area contributed by atoms with E-state index >= 15 is 0 Å². The van der Waals surface area contributed by atoms with Crippen molar-refractivity contribution >= 4 is 22.7 Å². The fourth-order valence-electron chi connectivity index (χ4n) is 4.83. The molecule has 0 N–H and O–H groups in total. The summed E-state index contributed by atoms with van der Waals surface area (Å²) in [6.45, 7) is 2.07. The fraction of sp³-hybridized carbons (Fsp3) is 0.304. The van der Waals surface area contributed by atoms with Gasteiger partial charge in [0.1, 0.15) is 12.6 Å². The summed E-state index contributed by atoms with van der Waals surface area (Å²) >= 11 is 0. The van der Waals surface area contributed by atoms with Crippen LogP contribution in [0.2, 0.25) is 0 Å². The van der Waals surface area contributed by atoms with Crippen LogP contribution in [0.5, 0.6) is 0 Å². The molecule has 0 radical (unpaired) electrons. The maximum Gasteiger partial charge on any atom is 0.278 e. The lowest BCUT2D eigenvalue weighted by Crippen LogP contribution is -2.66. The molecule has 148 valence electrons. The van der Waals surface area contributed by atoms with Gasteiger partial charge in [-0.25, -0.2) is 5.06 Å². The minimum Gasteiger partial charge on any atom is -0.345 e. The van der Waals surface area contributed by atoms with Gasteiger partial charge >= 0.3 is 0 Å². The van der Waals surface area contributed by atoms with E-state index in [2.05, 4.69) is 16.7 Å². The van der Waals surface area contributed by atoms with E-state index in [4.69, 9.17) is 4.84 Å². The second-order valence-corrected chi connectivity index (χ2v) is 7.98. The van der Waals surface area contributed by atoms with Gasteiger partial charge in [0.05, 0.1) is 5.69 Å². The van der Waals surface area contributed by atoms with Crippen molar-refractivity contribution in [3.63, 3.8) is 0 Å². The van der Waals surface area contributed by atoms with E-state index in [0.717, 1.165) is 27.7 Å². The van der Waals surface area contributed by atoms with E-state index in [1.165, 1.54) is 5.06 Å². The SMILES string of the molecule is CN1C(=O)C2Cc3c(n(C)c4ccccc34)C1(C)C(=O)N2OCc1ccccc1. The van der Waals surface area contributed by atoms with Gasteiger partial charge in [-0.15, -0.1) is 0 Å². The number of benzene rings is 2. The van der Waals surface area contributed by atoms with Gasteiger partial charge in [-0.2, -0.15) is 0 Å². The molecule has 3 aliphatic rings. The number of piperazine rings is 1. The molecule has 2 amide bonds. The summed E-state index contributed by atoms with van der Waals surface area (Å²) in [6.07, 6.45) is 0.440. The zero-order chi connectivity index (χ0) is 20.3. The van der Waals surface area contributed by atoms with Crippen LogP contribution in [0.3, 0.4) is 0 Å². The molecule has 2 aromatic carbocycles. The van der Waals surface area contributed by atoms with Gasteiger partial charge in [-0.05, 0) is 24.1 Å². The summed E-state index contributed by atoms with van der Waals surface area (Å²) in [7, 11) is 3.68. The third-order valence-electron chi connectivity index (χ3n) is 6.47. The number of rotatable bonds is 3. The Balaban J connectivity index is 1.63. The molecule has 2 unspecified atom stereocenters. The Morgan fingerprint density at radius 2 is 1.72 bits per heavy atom. The van der Waals surface area contributed by atoms with E-state index in [1.54, 1.807) is 11.9 Å². The van der Waals surface area contributed by atoms with Crippen molar-refractivity contribution in [2.75, 3.05) is 7.05 Å². The molecule has 0 saturated carbocycles. The van der Waals surface area contributed by atoms with Crippen molar-refractivity contribution in [2.45, 2.75) is 31.5 Å². The monoisotopic (exact) mass is 389 g/mol. The number of hydrogen-bond acceptors (Lipinski definition) is 3. The van der Waals surface area contributed by atoms with Gasteiger partial charge in [0.2, 0.25) is 5.91 Å². The minimum atomic E-state index is -1.12. The van der Waals surface area contributed by atoms with Crippen LogP contribution >= 0.6 is 0 Å². The van der Waals surface area contributed by atoms with Crippen molar-refractivity contribution in [1.29, 1.82) is 0 Å². The molecule has 6 rings (SSSR count). The molecule has 1 aromatic heterocycles. The highest BCUT2D eigenvalue weighted by Gasteiger charge is 2.59. The quantitative estimate of drug-likeness (QED) is 0.692. The molecule has 6 nitrogen and oxygen atoms in total. The lowest BCUT2D eigenvalue weighted by molar-refractivity contribution is -0.229. The van der Waals surface area contributed by atoms with E-state index in [-0.39, 0.29) is 18.4 Å². The summed E-state index contributed by atoms with van der Waals surface area (Å²) in [5, 5.41) is 2.41. The Morgan fingerprint density at radius 1 is 1.03 bits per heavy atom. The van der Waals surface area contributed by atoms with Crippen LogP contribution in [-0.2, 0) is 40.0 Å². The van der Waals surface area contributed by atoms with E-state index in [0.29, 0.717) is 6.42 Å². The number of aryl methyl sites for hydroxylation is 1. The molecular formula is C23H23N3O3. The lowest BCUT2D eigenvalue weighted by Gasteiger charge is -2.46. The maximum atomic E-state index is 13.7. The average Bonchev–Trinajstić information content (AvgIpc) is 2.93. The molecule has 0 aliphatic carbocycles. The molecule has 4 heterocycles. The normalized spacial score (nSPS) is 23.6. The highest BCUT2D eigenvalue weighted by atomic mass is 16.7. The van der Waals surface area contributed by atoms with Crippen LogP contribution in [0.1, 0.15) is 23.7 Å². The minimum absolute atomic E-state index is 0.0968. The predicted octanol–water partition coefficient (Wildman–Crippen LogP) is 2.75. The number of likely N-dealkylation sites (N-methyl/N-ethyl adjacent to an activating group) is 1. The number of para-hydroxylation sites is 1. The standard InChI is InChI=1S/C23H23N3O3/c1-23-20-17(16-11-7-8-12-18(16)24(20)2)13-19(21(27)25(23)3)26(22(23)28)29-14-15-9-5-4-6-10-15/h4-12,19H,13-14H2,1-3H3. The number of hydroxylamine groups is 2. The smallest absolute Gasteiger partial charge is 0.278 e. The Labute approximate surface area is 169 Å². The second-order valence-electron chi connectivity index (χ2n) is 7.98. The molecule has 2 atom stereocenters. The first-order valence-corrected chi connectivity index (χ1v) is 9.79. The van der Waals surface area contributed by atoms with Crippen LogP contribution in [0.4, 0.5) is 0 Å². The van der Waals surface area contributed by atoms with Crippen LogP contribution < -0.4 is 0 Å². The van der Waals surface area contributed by atoms with E-state index in [1.807, 2.05) is 56.4 Å². The Hall–Kier alpha value is -3.12. The number of amides is 2. The third-order valence-corrected chi connectivity index (χ3v) is 6.47. The molecule has 29 heavy (non-hydrogen) atoms. The number of nitrogens with zero attached hydrogens (tertiary/aromatic N) is 3. The van der Waals surface area contributed by atoms with Crippen LogP contribution in [0, 0.1) is 0 Å². The Kier molecular flexibility index (Phi) is 3.83. The molecule has 2 bridgehead atoms. The molecule has 3 aromatic rings. The van der Waals surface area contributed by atoms with Crippen molar-refractivity contribution < 1.29 is 14.4 Å². The maximum absolute atomic E-state index is 13.7. The highest BCUT2D eigenvalue weighted by molar-refractivity contribution is 6.03. The third kappa shape index (κ3) is 2.32.